The average Bonchev–Trinajstić information content (AvgIpc) is 3.12. The van der Waals surface area contributed by atoms with Gasteiger partial charge in [-0.2, -0.15) is 0 Å². The number of rotatable bonds is 3. The predicted molar refractivity (Wildman–Crippen MR) is 97.2 cm³/mol. The van der Waals surface area contributed by atoms with Crippen LogP contribution in [0.2, 0.25) is 0 Å². The Kier molecular flexibility index (Phi) is 4.07. The van der Waals surface area contributed by atoms with Gasteiger partial charge in [0.2, 0.25) is 5.91 Å². The Morgan fingerprint density at radius 3 is 2.76 bits per heavy atom. The number of aromatic nitrogens is 4. The quantitative estimate of drug-likeness (QED) is 0.717. The van der Waals surface area contributed by atoms with Crippen LogP contribution in [0.5, 0.6) is 0 Å². The summed E-state index contributed by atoms with van der Waals surface area (Å²) in [5.41, 5.74) is 1.47. The molecule has 0 saturated carbocycles. The fraction of sp³-hybridized carbons (Fsp3) is 0.529. The molecule has 1 aliphatic heterocycles. The summed E-state index contributed by atoms with van der Waals surface area (Å²) in [4.78, 5) is 33.5. The monoisotopic (exact) mass is 359 g/mol. The van der Waals surface area contributed by atoms with Crippen LogP contribution in [0.15, 0.2) is 11.1 Å². The Morgan fingerprint density at radius 1 is 1.28 bits per heavy atom. The number of thiophene rings is 1. The van der Waals surface area contributed by atoms with E-state index in [0.29, 0.717) is 5.65 Å². The van der Waals surface area contributed by atoms with Crippen LogP contribution < -0.4 is 5.69 Å². The number of nitrogens with zero attached hydrogens (tertiary/aromatic N) is 5. The number of likely N-dealkylation sites (tertiary alicyclic amines) is 1. The second-order valence-corrected chi connectivity index (χ2v) is 7.69. The van der Waals surface area contributed by atoms with Crippen LogP contribution in [-0.4, -0.2) is 43.1 Å². The molecule has 3 aromatic heterocycles. The first-order valence-electron chi connectivity index (χ1n) is 8.74. The van der Waals surface area contributed by atoms with Gasteiger partial charge in [0.1, 0.15) is 17.7 Å². The van der Waals surface area contributed by atoms with Crippen LogP contribution in [-0.2, 0) is 17.8 Å². The highest BCUT2D eigenvalue weighted by Crippen LogP contribution is 2.31. The van der Waals surface area contributed by atoms with Crippen molar-refractivity contribution in [2.24, 2.45) is 0 Å². The lowest BCUT2D eigenvalue weighted by atomic mass is 10.1. The molecule has 0 bridgehead atoms. The first kappa shape index (κ1) is 16.3. The van der Waals surface area contributed by atoms with Gasteiger partial charge >= 0.3 is 5.69 Å². The fourth-order valence-electron chi connectivity index (χ4n) is 3.59. The van der Waals surface area contributed by atoms with Crippen molar-refractivity contribution in [1.29, 1.82) is 0 Å². The number of piperidine rings is 1. The van der Waals surface area contributed by atoms with Gasteiger partial charge in [-0.3, -0.25) is 4.79 Å². The molecule has 25 heavy (non-hydrogen) atoms. The van der Waals surface area contributed by atoms with E-state index in [9.17, 15) is 9.59 Å². The molecule has 0 aliphatic carbocycles. The second-order valence-electron chi connectivity index (χ2n) is 6.49. The van der Waals surface area contributed by atoms with E-state index in [1.807, 2.05) is 4.90 Å². The number of amides is 1. The van der Waals surface area contributed by atoms with Crippen LogP contribution in [0.3, 0.4) is 0 Å². The third-order valence-corrected chi connectivity index (χ3v) is 5.98. The van der Waals surface area contributed by atoms with Crippen LogP contribution in [0.1, 0.15) is 36.6 Å². The Bertz CT molecular complexity index is 1010. The zero-order valence-electron chi connectivity index (χ0n) is 14.5. The zero-order valence-corrected chi connectivity index (χ0v) is 15.3. The Hall–Kier alpha value is -2.22. The van der Waals surface area contributed by atoms with E-state index in [-0.39, 0.29) is 18.1 Å². The highest BCUT2D eigenvalue weighted by atomic mass is 32.1. The van der Waals surface area contributed by atoms with E-state index in [2.05, 4.69) is 23.9 Å². The molecule has 4 heterocycles. The van der Waals surface area contributed by atoms with Crippen molar-refractivity contribution in [3.8, 4) is 0 Å². The number of carbonyl (C=O) groups is 1. The lowest BCUT2D eigenvalue weighted by Gasteiger charge is -2.26. The van der Waals surface area contributed by atoms with Crippen LogP contribution in [0.25, 0.3) is 15.9 Å². The van der Waals surface area contributed by atoms with Crippen molar-refractivity contribution in [3.05, 3.63) is 27.3 Å². The lowest BCUT2D eigenvalue weighted by molar-refractivity contribution is -0.132. The summed E-state index contributed by atoms with van der Waals surface area (Å²) in [5, 5.41) is 5.42. The number of carbonyl (C=O) groups excluding carboxylic acids is 1. The van der Waals surface area contributed by atoms with E-state index in [4.69, 9.17) is 0 Å². The van der Waals surface area contributed by atoms with Crippen molar-refractivity contribution in [1.82, 2.24) is 24.1 Å². The van der Waals surface area contributed by atoms with Gasteiger partial charge in [-0.1, -0.05) is 6.92 Å². The Balaban J connectivity index is 1.78. The minimum absolute atomic E-state index is 0.00736. The molecule has 132 valence electrons. The number of aryl methyl sites for hydroxylation is 2. The van der Waals surface area contributed by atoms with Gasteiger partial charge in [0, 0.05) is 18.0 Å². The molecule has 7 nitrogen and oxygen atoms in total. The number of fused-ring (bicyclic) bond motifs is 3. The summed E-state index contributed by atoms with van der Waals surface area (Å²) in [6.45, 7) is 5.70. The molecule has 0 aromatic carbocycles. The minimum Gasteiger partial charge on any atom is -0.341 e. The van der Waals surface area contributed by atoms with E-state index in [0.717, 1.165) is 42.6 Å². The largest absolute Gasteiger partial charge is 0.352 e. The van der Waals surface area contributed by atoms with Gasteiger partial charge < -0.3 is 4.90 Å². The summed E-state index contributed by atoms with van der Waals surface area (Å²) >= 11 is 1.62. The van der Waals surface area contributed by atoms with Gasteiger partial charge in [-0.15, -0.1) is 16.4 Å². The molecular weight excluding hydrogens is 338 g/mol. The summed E-state index contributed by atoms with van der Waals surface area (Å²) in [6.07, 6.45) is 5.61. The maximum Gasteiger partial charge on any atom is 0.352 e. The van der Waals surface area contributed by atoms with Gasteiger partial charge in [-0.05, 0) is 38.2 Å². The normalized spacial score (nSPS) is 15.4. The SMILES string of the molecule is CCc1c(C)sc2ncn3c(=O)n(CC(=O)N4CCCCC4)nc3c12. The maximum absolute atomic E-state index is 12.7. The molecule has 0 atom stereocenters. The lowest BCUT2D eigenvalue weighted by Crippen LogP contribution is -2.39. The number of hydrogen-bond donors (Lipinski definition) is 0. The highest BCUT2D eigenvalue weighted by molar-refractivity contribution is 7.18. The highest BCUT2D eigenvalue weighted by Gasteiger charge is 2.21. The molecule has 4 rings (SSSR count). The molecular formula is C17H21N5O2S. The third-order valence-electron chi connectivity index (χ3n) is 4.92. The first-order valence-corrected chi connectivity index (χ1v) is 9.55. The van der Waals surface area contributed by atoms with Gasteiger partial charge in [0.25, 0.3) is 0 Å². The van der Waals surface area contributed by atoms with Crippen LogP contribution >= 0.6 is 11.3 Å². The molecule has 8 heteroatoms. The van der Waals surface area contributed by atoms with Crippen LogP contribution in [0.4, 0.5) is 0 Å². The molecule has 1 aliphatic rings. The molecule has 1 fully saturated rings. The summed E-state index contributed by atoms with van der Waals surface area (Å²) in [7, 11) is 0. The molecule has 3 aromatic rings. The van der Waals surface area contributed by atoms with Crippen molar-refractivity contribution in [2.75, 3.05) is 13.1 Å². The molecule has 1 saturated heterocycles. The van der Waals surface area contributed by atoms with Gasteiger partial charge in [0.15, 0.2) is 5.65 Å². The first-order chi connectivity index (χ1) is 12.1. The van der Waals surface area contributed by atoms with Gasteiger partial charge in [-0.25, -0.2) is 18.9 Å². The fourth-order valence-corrected chi connectivity index (χ4v) is 4.67. The summed E-state index contributed by atoms with van der Waals surface area (Å²) in [6, 6.07) is 0. The molecule has 0 N–H and O–H groups in total. The van der Waals surface area contributed by atoms with Crippen molar-refractivity contribution in [2.45, 2.75) is 46.1 Å². The van der Waals surface area contributed by atoms with E-state index in [1.54, 1.807) is 11.3 Å². The second kappa shape index (κ2) is 6.25. The third kappa shape index (κ3) is 2.64. The van der Waals surface area contributed by atoms with Crippen molar-refractivity contribution >= 4 is 33.1 Å². The van der Waals surface area contributed by atoms with E-state index < -0.39 is 0 Å². The Labute approximate surface area is 148 Å². The van der Waals surface area contributed by atoms with Crippen LogP contribution in [0, 0.1) is 6.92 Å². The van der Waals surface area contributed by atoms with Gasteiger partial charge in [0.05, 0.1) is 5.39 Å². The molecule has 0 spiro atoms. The zero-order chi connectivity index (χ0) is 17.6. The van der Waals surface area contributed by atoms with E-state index >= 15 is 0 Å². The standard InChI is InChI=1S/C17H21N5O2S/c1-3-12-11(2)25-16-14(12)15-19-22(17(24)21(15)10-18-16)9-13(23)20-7-5-4-6-8-20/h10H,3-9H2,1-2H3. The molecule has 0 radical (unpaired) electrons. The average molecular weight is 359 g/mol. The summed E-state index contributed by atoms with van der Waals surface area (Å²) < 4.78 is 2.73. The van der Waals surface area contributed by atoms with Crippen molar-refractivity contribution in [3.63, 3.8) is 0 Å². The summed E-state index contributed by atoms with van der Waals surface area (Å²) in [5.74, 6) is -0.0355. The topological polar surface area (TPSA) is 72.5 Å². The Morgan fingerprint density at radius 2 is 2.04 bits per heavy atom. The molecule has 0 unspecified atom stereocenters. The number of hydrogen-bond acceptors (Lipinski definition) is 5. The van der Waals surface area contributed by atoms with Crippen molar-refractivity contribution < 1.29 is 4.79 Å². The molecule has 1 amide bonds. The van der Waals surface area contributed by atoms with E-state index in [1.165, 1.54) is 32.3 Å². The maximum atomic E-state index is 12.7. The minimum atomic E-state index is -0.305. The predicted octanol–water partition coefficient (Wildman–Crippen LogP) is 1.99. The smallest absolute Gasteiger partial charge is 0.341 e.